The number of rotatable bonds is 5. The van der Waals surface area contributed by atoms with Crippen molar-refractivity contribution in [1.29, 1.82) is 0 Å². The summed E-state index contributed by atoms with van der Waals surface area (Å²) in [4.78, 5) is 11.8. The number of para-hydroxylation sites is 1. The number of aliphatic hydroxyl groups is 1. The van der Waals surface area contributed by atoms with E-state index < -0.39 is 18.0 Å². The molecule has 3 rings (SSSR count). The van der Waals surface area contributed by atoms with E-state index in [1.54, 1.807) is 30.3 Å². The van der Waals surface area contributed by atoms with Crippen molar-refractivity contribution in [2.75, 3.05) is 11.9 Å². The summed E-state index contributed by atoms with van der Waals surface area (Å²) in [5.41, 5.74) is 0.669. The maximum absolute atomic E-state index is 13.7. The fourth-order valence-electron chi connectivity index (χ4n) is 2.10. The van der Waals surface area contributed by atoms with Crippen molar-refractivity contribution in [3.05, 3.63) is 66.6 Å². The van der Waals surface area contributed by atoms with Gasteiger partial charge in [-0.25, -0.2) is 13.9 Å². The molecule has 3 aromatic rings. The van der Waals surface area contributed by atoms with Gasteiger partial charge in [0.05, 0.1) is 30.9 Å². The van der Waals surface area contributed by atoms with Gasteiger partial charge in [-0.05, 0) is 24.3 Å². The number of aliphatic hydroxyl groups excluding tert-OH is 1. The number of nitrogens with one attached hydrogen (secondary N) is 2. The SMILES string of the molecule is O=C(NCC(O)c1ccco1)Nc1cnn(-c2ccccc2F)c1. The van der Waals surface area contributed by atoms with Crippen molar-refractivity contribution >= 4 is 11.7 Å². The number of nitrogens with zero attached hydrogens (tertiary/aromatic N) is 2. The van der Waals surface area contributed by atoms with Crippen LogP contribution in [-0.2, 0) is 0 Å². The van der Waals surface area contributed by atoms with Crippen molar-refractivity contribution in [3.8, 4) is 5.69 Å². The van der Waals surface area contributed by atoms with Gasteiger partial charge in [-0.15, -0.1) is 0 Å². The maximum atomic E-state index is 13.7. The molecule has 1 unspecified atom stereocenters. The molecule has 0 fully saturated rings. The standard InChI is InChI=1S/C16H15FN4O3/c17-12-4-1-2-5-13(12)21-10-11(8-19-21)20-16(23)18-9-14(22)15-6-3-7-24-15/h1-8,10,14,22H,9H2,(H2,18,20,23). The molecule has 0 saturated heterocycles. The number of halogens is 1. The van der Waals surface area contributed by atoms with E-state index in [0.29, 0.717) is 11.4 Å². The second-order valence-corrected chi connectivity index (χ2v) is 4.99. The summed E-state index contributed by atoms with van der Waals surface area (Å²) >= 11 is 0. The lowest BCUT2D eigenvalue weighted by atomic mass is 10.3. The van der Waals surface area contributed by atoms with Crippen LogP contribution >= 0.6 is 0 Å². The molecule has 8 heteroatoms. The van der Waals surface area contributed by atoms with E-state index in [-0.39, 0.29) is 12.2 Å². The van der Waals surface area contributed by atoms with Gasteiger partial charge in [0.15, 0.2) is 0 Å². The maximum Gasteiger partial charge on any atom is 0.319 e. The monoisotopic (exact) mass is 330 g/mol. The van der Waals surface area contributed by atoms with Crippen molar-refractivity contribution in [3.63, 3.8) is 0 Å². The van der Waals surface area contributed by atoms with Crippen LogP contribution in [0.5, 0.6) is 0 Å². The Morgan fingerprint density at radius 1 is 1.33 bits per heavy atom. The molecule has 24 heavy (non-hydrogen) atoms. The Balaban J connectivity index is 1.57. The highest BCUT2D eigenvalue weighted by Crippen LogP contribution is 2.15. The molecule has 124 valence electrons. The quantitative estimate of drug-likeness (QED) is 0.670. The number of amides is 2. The van der Waals surface area contributed by atoms with Gasteiger partial charge in [0, 0.05) is 0 Å². The molecule has 1 atom stereocenters. The van der Waals surface area contributed by atoms with Crippen molar-refractivity contribution in [1.82, 2.24) is 15.1 Å². The van der Waals surface area contributed by atoms with Crippen LogP contribution in [0, 0.1) is 5.82 Å². The third kappa shape index (κ3) is 3.61. The molecule has 0 bridgehead atoms. The highest BCUT2D eigenvalue weighted by molar-refractivity contribution is 5.88. The Bertz CT molecular complexity index is 816. The molecule has 0 aliphatic carbocycles. The molecular formula is C16H15FN4O3. The Morgan fingerprint density at radius 2 is 2.17 bits per heavy atom. The summed E-state index contributed by atoms with van der Waals surface area (Å²) in [6.07, 6.45) is 3.39. The second kappa shape index (κ2) is 6.97. The summed E-state index contributed by atoms with van der Waals surface area (Å²) in [5.74, 6) is -0.0548. The van der Waals surface area contributed by atoms with Gasteiger partial charge in [-0.1, -0.05) is 12.1 Å². The molecule has 2 heterocycles. The summed E-state index contributed by atoms with van der Waals surface area (Å²) in [5, 5.41) is 18.9. The minimum absolute atomic E-state index is 0.0131. The van der Waals surface area contributed by atoms with Crippen LogP contribution in [0.15, 0.2) is 59.5 Å². The Hall–Kier alpha value is -3.13. The van der Waals surface area contributed by atoms with Gasteiger partial charge in [-0.3, -0.25) is 0 Å². The number of hydrogen-bond donors (Lipinski definition) is 3. The molecule has 0 aliphatic heterocycles. The van der Waals surface area contributed by atoms with E-state index in [1.807, 2.05) is 0 Å². The third-order valence-corrected chi connectivity index (χ3v) is 3.27. The molecule has 0 spiro atoms. The van der Waals surface area contributed by atoms with Gasteiger partial charge in [-0.2, -0.15) is 5.10 Å². The highest BCUT2D eigenvalue weighted by Gasteiger charge is 2.12. The summed E-state index contributed by atoms with van der Waals surface area (Å²) in [6, 6.07) is 8.92. The molecule has 0 radical (unpaired) electrons. The zero-order chi connectivity index (χ0) is 16.9. The number of furan rings is 1. The lowest BCUT2D eigenvalue weighted by molar-refractivity contribution is 0.149. The zero-order valence-corrected chi connectivity index (χ0v) is 12.5. The predicted molar refractivity (Wildman–Crippen MR) is 84.2 cm³/mol. The minimum Gasteiger partial charge on any atom is -0.467 e. The van der Waals surface area contributed by atoms with Gasteiger partial charge in [0.25, 0.3) is 0 Å². The molecule has 3 N–H and O–H groups in total. The van der Waals surface area contributed by atoms with Gasteiger partial charge in [0.1, 0.15) is 23.4 Å². The number of carbonyl (C=O) groups is 1. The molecule has 2 amide bonds. The molecular weight excluding hydrogens is 315 g/mol. The third-order valence-electron chi connectivity index (χ3n) is 3.27. The van der Waals surface area contributed by atoms with Gasteiger partial charge >= 0.3 is 6.03 Å². The van der Waals surface area contributed by atoms with E-state index >= 15 is 0 Å². The molecule has 2 aromatic heterocycles. The zero-order valence-electron chi connectivity index (χ0n) is 12.5. The second-order valence-electron chi connectivity index (χ2n) is 4.99. The first-order valence-electron chi connectivity index (χ1n) is 7.19. The first-order chi connectivity index (χ1) is 11.6. The molecule has 7 nitrogen and oxygen atoms in total. The van der Waals surface area contributed by atoms with Crippen molar-refractivity contribution < 1.29 is 18.7 Å². The fraction of sp³-hybridized carbons (Fsp3) is 0.125. The van der Waals surface area contributed by atoms with Crippen LogP contribution in [-0.4, -0.2) is 27.5 Å². The number of benzene rings is 1. The first kappa shape index (κ1) is 15.8. The number of aromatic nitrogens is 2. The van der Waals surface area contributed by atoms with E-state index in [2.05, 4.69) is 15.7 Å². The fourth-order valence-corrected chi connectivity index (χ4v) is 2.10. The largest absolute Gasteiger partial charge is 0.467 e. The minimum atomic E-state index is -0.938. The van der Waals surface area contributed by atoms with Gasteiger partial charge < -0.3 is 20.2 Å². The highest BCUT2D eigenvalue weighted by atomic mass is 19.1. The van der Waals surface area contributed by atoms with Crippen LogP contribution < -0.4 is 10.6 Å². The topological polar surface area (TPSA) is 92.3 Å². The Labute approximate surface area is 136 Å². The lowest BCUT2D eigenvalue weighted by Gasteiger charge is -2.09. The van der Waals surface area contributed by atoms with Crippen LogP contribution in [0.2, 0.25) is 0 Å². The number of carbonyl (C=O) groups excluding carboxylic acids is 1. The van der Waals surface area contributed by atoms with E-state index in [0.717, 1.165) is 0 Å². The summed E-state index contributed by atoms with van der Waals surface area (Å²) in [7, 11) is 0. The molecule has 1 aromatic carbocycles. The average molecular weight is 330 g/mol. The van der Waals surface area contributed by atoms with Crippen LogP contribution in [0.4, 0.5) is 14.9 Å². The van der Waals surface area contributed by atoms with Crippen LogP contribution in [0.25, 0.3) is 5.69 Å². The van der Waals surface area contributed by atoms with Gasteiger partial charge in [0.2, 0.25) is 0 Å². The molecule has 0 saturated carbocycles. The van der Waals surface area contributed by atoms with E-state index in [1.165, 1.54) is 29.4 Å². The first-order valence-corrected chi connectivity index (χ1v) is 7.19. The van der Waals surface area contributed by atoms with Crippen molar-refractivity contribution in [2.45, 2.75) is 6.10 Å². The summed E-state index contributed by atoms with van der Waals surface area (Å²) in [6.45, 7) is -0.0131. The predicted octanol–water partition coefficient (Wildman–Crippen LogP) is 2.46. The Kier molecular flexibility index (Phi) is 4.57. The van der Waals surface area contributed by atoms with E-state index in [9.17, 15) is 14.3 Å². The van der Waals surface area contributed by atoms with Crippen LogP contribution in [0.3, 0.4) is 0 Å². The average Bonchev–Trinajstić information content (AvgIpc) is 3.25. The van der Waals surface area contributed by atoms with E-state index in [4.69, 9.17) is 4.42 Å². The molecule has 0 aliphatic rings. The number of urea groups is 1. The lowest BCUT2D eigenvalue weighted by Crippen LogP contribution is -2.32. The number of hydrogen-bond acceptors (Lipinski definition) is 4. The normalized spacial score (nSPS) is 11.9. The van der Waals surface area contributed by atoms with Crippen molar-refractivity contribution in [2.24, 2.45) is 0 Å². The smallest absolute Gasteiger partial charge is 0.319 e. The number of anilines is 1. The summed E-state index contributed by atoms with van der Waals surface area (Å²) < 4.78 is 20.1. The Morgan fingerprint density at radius 3 is 2.92 bits per heavy atom. The van der Waals surface area contributed by atoms with Crippen LogP contribution in [0.1, 0.15) is 11.9 Å².